The van der Waals surface area contributed by atoms with Crippen molar-refractivity contribution in [1.82, 2.24) is 4.98 Å². The molecule has 0 unspecified atom stereocenters. The summed E-state index contributed by atoms with van der Waals surface area (Å²) in [5.74, 6) is 1.16. The van der Waals surface area contributed by atoms with Gasteiger partial charge in [-0.15, -0.1) is 0 Å². The van der Waals surface area contributed by atoms with Crippen LogP contribution < -0.4 is 10.1 Å². The van der Waals surface area contributed by atoms with Gasteiger partial charge in [-0.2, -0.15) is 0 Å². The van der Waals surface area contributed by atoms with Gasteiger partial charge in [0.05, 0.1) is 23.0 Å². The lowest BCUT2D eigenvalue weighted by molar-refractivity contribution is -0.385. The molecule has 0 aliphatic rings. The largest absolute Gasteiger partial charge is 0.455 e. The van der Waals surface area contributed by atoms with E-state index in [2.05, 4.69) is 10.3 Å². The molecule has 1 aromatic carbocycles. The Morgan fingerprint density at radius 3 is 2.60 bits per heavy atom. The highest BCUT2D eigenvalue weighted by Gasteiger charge is 2.14. The van der Waals surface area contributed by atoms with Gasteiger partial charge >= 0.3 is 0 Å². The molecule has 104 valence electrons. The number of anilines is 1. The number of nitro benzene ring substituents is 1. The highest BCUT2D eigenvalue weighted by Crippen LogP contribution is 2.31. The average molecular weight is 273 g/mol. The smallest absolute Gasteiger partial charge is 0.272 e. The van der Waals surface area contributed by atoms with Crippen LogP contribution >= 0.6 is 0 Å². The van der Waals surface area contributed by atoms with Crippen LogP contribution in [0.15, 0.2) is 30.6 Å². The van der Waals surface area contributed by atoms with Crippen LogP contribution in [0.3, 0.4) is 0 Å². The van der Waals surface area contributed by atoms with Crippen molar-refractivity contribution in [3.8, 4) is 11.5 Å². The van der Waals surface area contributed by atoms with Gasteiger partial charge in [-0.3, -0.25) is 15.1 Å². The van der Waals surface area contributed by atoms with Crippen LogP contribution in [0.1, 0.15) is 11.1 Å². The monoisotopic (exact) mass is 273 g/mol. The van der Waals surface area contributed by atoms with Gasteiger partial charge < -0.3 is 10.1 Å². The number of hydrogen-bond donors (Lipinski definition) is 1. The predicted octanol–water partition coefficient (Wildman–Crippen LogP) is 3.44. The van der Waals surface area contributed by atoms with Crippen LogP contribution in [0.25, 0.3) is 0 Å². The fourth-order valence-corrected chi connectivity index (χ4v) is 1.82. The molecule has 1 N–H and O–H groups in total. The number of nitro groups is 1. The van der Waals surface area contributed by atoms with Gasteiger partial charge in [0.1, 0.15) is 11.5 Å². The van der Waals surface area contributed by atoms with Gasteiger partial charge in [-0.1, -0.05) is 0 Å². The minimum atomic E-state index is -0.394. The summed E-state index contributed by atoms with van der Waals surface area (Å²) >= 11 is 0. The van der Waals surface area contributed by atoms with Crippen molar-refractivity contribution < 1.29 is 9.66 Å². The molecule has 0 atom stereocenters. The summed E-state index contributed by atoms with van der Waals surface area (Å²) < 4.78 is 5.74. The Kier molecular flexibility index (Phi) is 3.84. The quantitative estimate of drug-likeness (QED) is 0.682. The minimum absolute atomic E-state index is 0.0944. The van der Waals surface area contributed by atoms with E-state index in [1.165, 1.54) is 6.07 Å². The molecular formula is C14H15N3O3. The lowest BCUT2D eigenvalue weighted by Gasteiger charge is -2.10. The predicted molar refractivity (Wildman–Crippen MR) is 76.4 cm³/mol. The van der Waals surface area contributed by atoms with E-state index in [0.29, 0.717) is 22.6 Å². The molecule has 0 aliphatic heterocycles. The molecule has 0 amide bonds. The van der Waals surface area contributed by atoms with Crippen LogP contribution in [-0.4, -0.2) is 17.0 Å². The van der Waals surface area contributed by atoms with Crippen LogP contribution in [0.2, 0.25) is 0 Å². The molecule has 0 aliphatic carbocycles. The third-order valence-corrected chi connectivity index (χ3v) is 2.92. The van der Waals surface area contributed by atoms with Crippen molar-refractivity contribution in [1.29, 1.82) is 0 Å². The van der Waals surface area contributed by atoms with Crippen LogP contribution in [0, 0.1) is 24.0 Å². The summed E-state index contributed by atoms with van der Waals surface area (Å²) in [7, 11) is 1.79. The van der Waals surface area contributed by atoms with Gasteiger partial charge in [-0.25, -0.2) is 0 Å². The van der Waals surface area contributed by atoms with E-state index in [4.69, 9.17) is 4.74 Å². The van der Waals surface area contributed by atoms with Gasteiger partial charge in [0.15, 0.2) is 0 Å². The third kappa shape index (κ3) is 2.85. The second-order valence-electron chi connectivity index (χ2n) is 4.42. The molecule has 1 aromatic heterocycles. The fourth-order valence-electron chi connectivity index (χ4n) is 1.82. The van der Waals surface area contributed by atoms with E-state index >= 15 is 0 Å². The van der Waals surface area contributed by atoms with E-state index < -0.39 is 4.92 Å². The molecule has 2 rings (SSSR count). The first kappa shape index (κ1) is 13.8. The topological polar surface area (TPSA) is 77.3 Å². The van der Waals surface area contributed by atoms with E-state index in [1.54, 1.807) is 39.4 Å². The van der Waals surface area contributed by atoms with Crippen LogP contribution in [0.5, 0.6) is 11.5 Å². The summed E-state index contributed by atoms with van der Waals surface area (Å²) in [5.41, 5.74) is 2.20. The molecule has 1 heterocycles. The molecule has 0 bridgehead atoms. The zero-order valence-electron chi connectivity index (χ0n) is 11.5. The molecule has 2 aromatic rings. The number of aromatic nitrogens is 1. The molecular weight excluding hydrogens is 258 g/mol. The highest BCUT2D eigenvalue weighted by atomic mass is 16.6. The molecule has 20 heavy (non-hydrogen) atoms. The summed E-state index contributed by atoms with van der Waals surface area (Å²) in [6, 6.07) is 4.99. The van der Waals surface area contributed by atoms with Crippen molar-refractivity contribution >= 4 is 11.4 Å². The number of nitrogens with one attached hydrogen (secondary N) is 1. The summed E-state index contributed by atoms with van der Waals surface area (Å²) in [4.78, 5) is 14.5. The highest BCUT2D eigenvalue weighted by molar-refractivity contribution is 5.51. The fraction of sp³-hybridized carbons (Fsp3) is 0.214. The second-order valence-corrected chi connectivity index (χ2v) is 4.42. The van der Waals surface area contributed by atoms with Crippen molar-refractivity contribution in [3.05, 3.63) is 51.8 Å². The van der Waals surface area contributed by atoms with Crippen molar-refractivity contribution in [2.24, 2.45) is 0 Å². The normalized spacial score (nSPS) is 10.2. The minimum Gasteiger partial charge on any atom is -0.455 e. The zero-order chi connectivity index (χ0) is 14.7. The SMILES string of the molecule is CNc1cncc(Oc2cc(C)c([N+](=O)[O-])cc2C)c1. The Morgan fingerprint density at radius 2 is 1.95 bits per heavy atom. The number of ether oxygens (including phenoxy) is 1. The average Bonchev–Trinajstić information content (AvgIpc) is 2.42. The van der Waals surface area contributed by atoms with Crippen LogP contribution in [-0.2, 0) is 0 Å². The molecule has 0 radical (unpaired) electrons. The Hall–Kier alpha value is -2.63. The van der Waals surface area contributed by atoms with Gasteiger partial charge in [0, 0.05) is 24.7 Å². The van der Waals surface area contributed by atoms with Crippen molar-refractivity contribution in [3.63, 3.8) is 0 Å². The van der Waals surface area contributed by atoms with E-state index in [-0.39, 0.29) is 5.69 Å². The third-order valence-electron chi connectivity index (χ3n) is 2.92. The lowest BCUT2D eigenvalue weighted by atomic mass is 10.1. The molecule has 0 spiro atoms. The first-order chi connectivity index (χ1) is 9.51. The first-order valence-electron chi connectivity index (χ1n) is 6.07. The van der Waals surface area contributed by atoms with E-state index in [9.17, 15) is 10.1 Å². The summed E-state index contributed by atoms with van der Waals surface area (Å²) in [6.07, 6.45) is 3.28. The maximum absolute atomic E-state index is 10.9. The first-order valence-corrected chi connectivity index (χ1v) is 6.07. The molecule has 0 saturated carbocycles. The number of benzene rings is 1. The number of pyridine rings is 1. The number of nitrogens with zero attached hydrogens (tertiary/aromatic N) is 2. The zero-order valence-corrected chi connectivity index (χ0v) is 11.5. The number of aryl methyl sites for hydroxylation is 2. The Labute approximate surface area is 116 Å². The molecule has 0 saturated heterocycles. The summed E-state index contributed by atoms with van der Waals surface area (Å²) in [6.45, 7) is 3.46. The van der Waals surface area contributed by atoms with E-state index in [0.717, 1.165) is 5.69 Å². The van der Waals surface area contributed by atoms with Gasteiger partial charge in [0.25, 0.3) is 5.69 Å². The summed E-state index contributed by atoms with van der Waals surface area (Å²) in [5, 5.41) is 13.8. The number of rotatable bonds is 4. The van der Waals surface area contributed by atoms with Gasteiger partial charge in [-0.05, 0) is 25.5 Å². The maximum atomic E-state index is 10.9. The van der Waals surface area contributed by atoms with E-state index in [1.807, 2.05) is 6.07 Å². The Balaban J connectivity index is 2.34. The van der Waals surface area contributed by atoms with Crippen LogP contribution in [0.4, 0.5) is 11.4 Å². The van der Waals surface area contributed by atoms with Crippen molar-refractivity contribution in [2.75, 3.05) is 12.4 Å². The molecule has 0 fully saturated rings. The van der Waals surface area contributed by atoms with Crippen molar-refractivity contribution in [2.45, 2.75) is 13.8 Å². The number of hydrogen-bond acceptors (Lipinski definition) is 5. The second kappa shape index (κ2) is 5.56. The lowest BCUT2D eigenvalue weighted by Crippen LogP contribution is -1.96. The maximum Gasteiger partial charge on any atom is 0.272 e. The molecule has 6 nitrogen and oxygen atoms in total. The van der Waals surface area contributed by atoms with Gasteiger partial charge in [0.2, 0.25) is 0 Å². The Morgan fingerprint density at radius 1 is 1.20 bits per heavy atom. The Bertz CT molecular complexity index is 656. The molecule has 6 heteroatoms. The standard InChI is InChI=1S/C14H15N3O3/c1-9-5-14(10(2)4-13(9)17(18)19)20-12-6-11(15-3)7-16-8-12/h4-8,15H,1-3H3.